The van der Waals surface area contributed by atoms with Gasteiger partial charge in [0.1, 0.15) is 11.0 Å². The molecule has 0 aliphatic heterocycles. The fourth-order valence-electron chi connectivity index (χ4n) is 3.34. The molecule has 2 aromatic heterocycles. The van der Waals surface area contributed by atoms with E-state index in [4.69, 9.17) is 25.5 Å². The summed E-state index contributed by atoms with van der Waals surface area (Å²) in [5.41, 5.74) is 9.17. The fraction of sp³-hybridized carbons (Fsp3) is 0.500. The second-order valence-electron chi connectivity index (χ2n) is 8.35. The Hall–Kier alpha value is -3.07. The molecule has 9 heteroatoms. The van der Waals surface area contributed by atoms with Gasteiger partial charge in [-0.05, 0) is 32.8 Å². The number of rotatable bonds is 9. The molecule has 0 aliphatic carbocycles. The van der Waals surface area contributed by atoms with Gasteiger partial charge in [-0.15, -0.1) is 0 Å². The van der Waals surface area contributed by atoms with Crippen LogP contribution in [-0.2, 0) is 6.54 Å². The molecule has 9 nitrogen and oxygen atoms in total. The molecular formula is C22H33N7O2. The second kappa shape index (κ2) is 9.38. The van der Waals surface area contributed by atoms with Crippen LogP contribution in [0.25, 0.3) is 11.0 Å². The molecule has 1 aromatic carbocycles. The van der Waals surface area contributed by atoms with Crippen LogP contribution in [0.3, 0.4) is 0 Å². The van der Waals surface area contributed by atoms with E-state index in [2.05, 4.69) is 38.3 Å². The number of phenols is 1. The Kier molecular flexibility index (Phi) is 6.84. The summed E-state index contributed by atoms with van der Waals surface area (Å²) in [5, 5.41) is 21.9. The van der Waals surface area contributed by atoms with Crippen LogP contribution in [-0.4, -0.2) is 44.6 Å². The molecule has 0 amide bonds. The minimum absolute atomic E-state index is 0.0348. The number of nitrogens with one attached hydrogen (secondary N) is 2. The number of aromatic hydroxyl groups is 1. The number of aromatic nitrogens is 4. The lowest BCUT2D eigenvalue weighted by Gasteiger charge is -2.15. The highest BCUT2D eigenvalue weighted by atomic mass is 16.5. The zero-order valence-corrected chi connectivity index (χ0v) is 19.1. The molecule has 3 rings (SSSR count). The predicted octanol–water partition coefficient (Wildman–Crippen LogP) is 3.62. The quantitative estimate of drug-likeness (QED) is 0.408. The molecule has 1 unspecified atom stereocenters. The summed E-state index contributed by atoms with van der Waals surface area (Å²) in [4.78, 5) is 9.47. The van der Waals surface area contributed by atoms with Gasteiger partial charge in [-0.25, -0.2) is 4.98 Å². The Morgan fingerprint density at radius 1 is 1.13 bits per heavy atom. The van der Waals surface area contributed by atoms with E-state index < -0.39 is 0 Å². The molecule has 2 heterocycles. The molecule has 0 aliphatic rings. The van der Waals surface area contributed by atoms with E-state index >= 15 is 0 Å². The zero-order valence-electron chi connectivity index (χ0n) is 19.1. The summed E-state index contributed by atoms with van der Waals surface area (Å²) in [5.74, 6) is 1.88. The first-order valence-electron chi connectivity index (χ1n) is 10.6. The van der Waals surface area contributed by atoms with Crippen molar-refractivity contribution in [3.63, 3.8) is 0 Å². The van der Waals surface area contributed by atoms with Gasteiger partial charge in [0.05, 0.1) is 12.8 Å². The molecule has 0 spiro atoms. The number of methoxy groups -OCH3 is 1. The summed E-state index contributed by atoms with van der Waals surface area (Å²) in [6.07, 6.45) is 0. The smallest absolute Gasteiger partial charge is 0.225 e. The van der Waals surface area contributed by atoms with E-state index in [1.165, 1.54) is 7.11 Å². The number of para-hydroxylation sites is 1. The molecule has 0 saturated carbocycles. The highest BCUT2D eigenvalue weighted by Gasteiger charge is 2.22. The van der Waals surface area contributed by atoms with Crippen LogP contribution >= 0.6 is 0 Å². The van der Waals surface area contributed by atoms with Gasteiger partial charge < -0.3 is 26.2 Å². The van der Waals surface area contributed by atoms with Crippen molar-refractivity contribution >= 4 is 22.8 Å². The predicted molar refractivity (Wildman–Crippen MR) is 124 cm³/mol. The van der Waals surface area contributed by atoms with Crippen LogP contribution in [0.15, 0.2) is 18.2 Å². The van der Waals surface area contributed by atoms with Gasteiger partial charge in [0.2, 0.25) is 5.95 Å². The van der Waals surface area contributed by atoms with E-state index in [1.54, 1.807) is 6.07 Å². The maximum Gasteiger partial charge on any atom is 0.225 e. The second-order valence-corrected chi connectivity index (χ2v) is 8.35. The van der Waals surface area contributed by atoms with Crippen LogP contribution in [0.1, 0.15) is 57.8 Å². The van der Waals surface area contributed by atoms with Gasteiger partial charge in [-0.1, -0.05) is 26.0 Å². The number of hydrogen-bond donors (Lipinski definition) is 4. The van der Waals surface area contributed by atoms with Crippen molar-refractivity contribution in [1.29, 1.82) is 0 Å². The van der Waals surface area contributed by atoms with Crippen LogP contribution in [0.4, 0.5) is 11.8 Å². The molecule has 0 bridgehead atoms. The highest BCUT2D eigenvalue weighted by Crippen LogP contribution is 2.33. The largest absolute Gasteiger partial charge is 0.504 e. The Morgan fingerprint density at radius 2 is 1.87 bits per heavy atom. The summed E-state index contributed by atoms with van der Waals surface area (Å²) in [7, 11) is 1.53. The van der Waals surface area contributed by atoms with Gasteiger partial charge in [0.15, 0.2) is 17.3 Å². The SMILES string of the molecule is COc1cccc(CNc2nc(NCC(C)N)nc3c(C(C)C)nn(C(C)C)c23)c1O. The Balaban J connectivity index is 2.08. The molecule has 3 aromatic rings. The number of fused-ring (bicyclic) bond motifs is 1. The van der Waals surface area contributed by atoms with Crippen molar-refractivity contribution in [2.24, 2.45) is 5.73 Å². The minimum Gasteiger partial charge on any atom is -0.504 e. The van der Waals surface area contributed by atoms with E-state index in [0.717, 1.165) is 16.7 Å². The molecule has 168 valence electrons. The fourth-order valence-corrected chi connectivity index (χ4v) is 3.34. The van der Waals surface area contributed by atoms with Crippen LogP contribution in [0, 0.1) is 0 Å². The number of benzene rings is 1. The van der Waals surface area contributed by atoms with Crippen molar-refractivity contribution in [2.75, 3.05) is 24.3 Å². The average molecular weight is 428 g/mol. The Labute approximate surface area is 183 Å². The van der Waals surface area contributed by atoms with Gasteiger partial charge >= 0.3 is 0 Å². The molecule has 31 heavy (non-hydrogen) atoms. The lowest BCUT2D eigenvalue weighted by Crippen LogP contribution is -2.26. The van der Waals surface area contributed by atoms with E-state index in [1.807, 2.05) is 23.7 Å². The average Bonchev–Trinajstić information content (AvgIpc) is 3.11. The third kappa shape index (κ3) is 4.82. The van der Waals surface area contributed by atoms with Crippen LogP contribution in [0.5, 0.6) is 11.5 Å². The Bertz CT molecular complexity index is 1040. The molecular weight excluding hydrogens is 394 g/mol. The summed E-state index contributed by atoms with van der Waals surface area (Å²) in [6, 6.07) is 5.51. The zero-order chi connectivity index (χ0) is 22.7. The summed E-state index contributed by atoms with van der Waals surface area (Å²) >= 11 is 0. The van der Waals surface area contributed by atoms with Crippen molar-refractivity contribution < 1.29 is 9.84 Å². The molecule has 0 radical (unpaired) electrons. The van der Waals surface area contributed by atoms with Crippen molar-refractivity contribution in [1.82, 2.24) is 19.7 Å². The topological polar surface area (TPSA) is 123 Å². The monoisotopic (exact) mass is 427 g/mol. The van der Waals surface area contributed by atoms with E-state index in [0.29, 0.717) is 36.2 Å². The lowest BCUT2D eigenvalue weighted by molar-refractivity contribution is 0.371. The number of nitrogens with zero attached hydrogens (tertiary/aromatic N) is 4. The van der Waals surface area contributed by atoms with Gasteiger partial charge in [-0.3, -0.25) is 4.68 Å². The third-order valence-corrected chi connectivity index (χ3v) is 4.94. The van der Waals surface area contributed by atoms with Crippen LogP contribution < -0.4 is 21.1 Å². The lowest BCUT2D eigenvalue weighted by atomic mass is 10.1. The normalized spacial score (nSPS) is 12.5. The standard InChI is InChI=1S/C22H33N7O2/c1-12(2)17-18-19(29(28-17)13(3)4)21(27-22(26-18)25-10-14(5)23)24-11-15-8-7-9-16(31-6)20(15)30/h7-9,12-14,30H,10-11,23H2,1-6H3,(H2,24,25,26,27). The first-order chi connectivity index (χ1) is 14.7. The van der Waals surface area contributed by atoms with Gasteiger partial charge in [0.25, 0.3) is 0 Å². The molecule has 5 N–H and O–H groups in total. The maximum atomic E-state index is 10.5. The first kappa shape index (κ1) is 22.6. The van der Waals surface area contributed by atoms with E-state index in [9.17, 15) is 5.11 Å². The van der Waals surface area contributed by atoms with Crippen molar-refractivity contribution in [2.45, 2.75) is 59.2 Å². The molecule has 0 fully saturated rings. The van der Waals surface area contributed by atoms with Gasteiger partial charge in [-0.2, -0.15) is 10.1 Å². The maximum absolute atomic E-state index is 10.5. The molecule has 1 atom stereocenters. The highest BCUT2D eigenvalue weighted by molar-refractivity contribution is 5.89. The number of ether oxygens (including phenoxy) is 1. The first-order valence-corrected chi connectivity index (χ1v) is 10.6. The van der Waals surface area contributed by atoms with Crippen LogP contribution in [0.2, 0.25) is 0 Å². The van der Waals surface area contributed by atoms with E-state index in [-0.39, 0.29) is 23.8 Å². The third-order valence-electron chi connectivity index (χ3n) is 4.94. The number of phenolic OH excluding ortho intramolecular Hbond substituents is 1. The number of anilines is 2. The minimum atomic E-state index is -0.0348. The van der Waals surface area contributed by atoms with Crippen molar-refractivity contribution in [3.8, 4) is 11.5 Å². The number of nitrogens with two attached hydrogens (primary N) is 1. The number of hydrogen-bond acceptors (Lipinski definition) is 8. The van der Waals surface area contributed by atoms with Crippen molar-refractivity contribution in [3.05, 3.63) is 29.5 Å². The molecule has 0 saturated heterocycles. The summed E-state index contributed by atoms with van der Waals surface area (Å²) < 4.78 is 7.17. The van der Waals surface area contributed by atoms with Gasteiger partial charge in [0, 0.05) is 30.7 Å². The summed E-state index contributed by atoms with van der Waals surface area (Å²) in [6.45, 7) is 11.2. The Morgan fingerprint density at radius 3 is 2.48 bits per heavy atom.